The summed E-state index contributed by atoms with van der Waals surface area (Å²) in [6.07, 6.45) is 2.15. The number of hydrogen-bond acceptors (Lipinski definition) is 3. The summed E-state index contributed by atoms with van der Waals surface area (Å²) in [5.74, 6) is 0.996. The Morgan fingerprint density at radius 1 is 1.12 bits per heavy atom. The van der Waals surface area contributed by atoms with E-state index in [1.54, 1.807) is 12.1 Å². The van der Waals surface area contributed by atoms with E-state index in [-0.39, 0.29) is 5.75 Å². The summed E-state index contributed by atoms with van der Waals surface area (Å²) in [7, 11) is -3.36. The highest BCUT2D eigenvalue weighted by molar-refractivity contribution is 7.92. The molecule has 0 aliphatic heterocycles. The highest BCUT2D eigenvalue weighted by Gasteiger charge is 2.11. The van der Waals surface area contributed by atoms with Crippen LogP contribution >= 0.6 is 0 Å². The number of imidazole rings is 1. The first-order chi connectivity index (χ1) is 11.6. The summed E-state index contributed by atoms with van der Waals surface area (Å²) < 4.78 is 27.1. The largest absolute Gasteiger partial charge is 0.342 e. The number of fused-ring (bicyclic) bond motifs is 1. The van der Waals surface area contributed by atoms with Gasteiger partial charge in [0.1, 0.15) is 5.82 Å². The van der Waals surface area contributed by atoms with Gasteiger partial charge in [0.15, 0.2) is 0 Å². The third-order valence-electron chi connectivity index (χ3n) is 3.86. The molecule has 24 heavy (non-hydrogen) atoms. The van der Waals surface area contributed by atoms with Crippen LogP contribution < -0.4 is 4.72 Å². The van der Waals surface area contributed by atoms with Crippen LogP contribution in [-0.2, 0) is 22.9 Å². The molecule has 0 amide bonds. The van der Waals surface area contributed by atoms with Gasteiger partial charge < -0.3 is 4.98 Å². The molecule has 0 fully saturated rings. The third-order valence-corrected chi connectivity index (χ3v) is 5.23. The topological polar surface area (TPSA) is 74.8 Å². The molecule has 1 aromatic heterocycles. The number of rotatable bonds is 7. The normalized spacial score (nSPS) is 11.7. The predicted molar refractivity (Wildman–Crippen MR) is 97.6 cm³/mol. The monoisotopic (exact) mass is 343 g/mol. The summed E-state index contributed by atoms with van der Waals surface area (Å²) in [6, 6.07) is 15.3. The average molecular weight is 343 g/mol. The molecule has 0 atom stereocenters. The maximum absolute atomic E-state index is 12.3. The second-order valence-corrected chi connectivity index (χ2v) is 7.62. The zero-order valence-corrected chi connectivity index (χ0v) is 14.4. The van der Waals surface area contributed by atoms with Crippen LogP contribution in [0.1, 0.15) is 24.7 Å². The molecule has 126 valence electrons. The molecule has 0 bridgehead atoms. The van der Waals surface area contributed by atoms with Crippen molar-refractivity contribution in [3.63, 3.8) is 0 Å². The van der Waals surface area contributed by atoms with Crippen molar-refractivity contribution in [2.45, 2.75) is 26.2 Å². The number of H-pyrrole nitrogens is 1. The number of hydrogen-bond donors (Lipinski definition) is 2. The summed E-state index contributed by atoms with van der Waals surface area (Å²) in [6.45, 7) is 2.02. The second-order valence-electron chi connectivity index (χ2n) is 5.78. The Hall–Kier alpha value is -2.34. The minimum absolute atomic E-state index is 0.100. The SMILES string of the molecule is CCc1nc2ccc(NS(=O)(=O)CCCc3ccccc3)cc2[nH]1. The van der Waals surface area contributed by atoms with Gasteiger partial charge in [-0.25, -0.2) is 13.4 Å². The number of anilines is 1. The summed E-state index contributed by atoms with van der Waals surface area (Å²) in [4.78, 5) is 7.61. The van der Waals surface area contributed by atoms with Crippen LogP contribution in [0.4, 0.5) is 5.69 Å². The number of sulfonamides is 1. The number of benzene rings is 2. The van der Waals surface area contributed by atoms with Crippen LogP contribution in [0.15, 0.2) is 48.5 Å². The molecule has 3 rings (SSSR count). The fourth-order valence-corrected chi connectivity index (χ4v) is 3.75. The average Bonchev–Trinajstić information content (AvgIpc) is 2.97. The van der Waals surface area contributed by atoms with E-state index in [0.29, 0.717) is 12.1 Å². The minimum atomic E-state index is -3.36. The van der Waals surface area contributed by atoms with E-state index in [1.807, 2.05) is 43.3 Å². The van der Waals surface area contributed by atoms with Crippen molar-refractivity contribution in [3.05, 3.63) is 59.9 Å². The lowest BCUT2D eigenvalue weighted by atomic mass is 10.1. The number of nitrogens with one attached hydrogen (secondary N) is 2. The lowest BCUT2D eigenvalue weighted by Gasteiger charge is -2.08. The molecule has 1 heterocycles. The molecule has 2 N–H and O–H groups in total. The molecule has 6 heteroatoms. The van der Waals surface area contributed by atoms with E-state index in [2.05, 4.69) is 14.7 Å². The van der Waals surface area contributed by atoms with E-state index in [4.69, 9.17) is 0 Å². The van der Waals surface area contributed by atoms with Crippen LogP contribution in [0.3, 0.4) is 0 Å². The predicted octanol–water partition coefficient (Wildman–Crippen LogP) is 3.50. The summed E-state index contributed by atoms with van der Waals surface area (Å²) in [5.41, 5.74) is 3.40. The molecule has 0 aliphatic carbocycles. The Balaban J connectivity index is 1.63. The fourth-order valence-electron chi connectivity index (χ4n) is 2.63. The first-order valence-electron chi connectivity index (χ1n) is 8.09. The maximum atomic E-state index is 12.3. The Morgan fingerprint density at radius 3 is 2.67 bits per heavy atom. The van der Waals surface area contributed by atoms with Gasteiger partial charge in [0.05, 0.1) is 22.5 Å². The van der Waals surface area contributed by atoms with Crippen LogP contribution in [-0.4, -0.2) is 24.1 Å². The van der Waals surface area contributed by atoms with Crippen molar-refractivity contribution in [2.24, 2.45) is 0 Å². The fraction of sp³-hybridized carbons (Fsp3) is 0.278. The van der Waals surface area contributed by atoms with E-state index in [1.165, 1.54) is 0 Å². The zero-order valence-electron chi connectivity index (χ0n) is 13.6. The highest BCUT2D eigenvalue weighted by atomic mass is 32.2. The number of aromatic amines is 1. The maximum Gasteiger partial charge on any atom is 0.232 e. The van der Waals surface area contributed by atoms with Crippen LogP contribution in [0, 0.1) is 0 Å². The molecule has 5 nitrogen and oxygen atoms in total. The van der Waals surface area contributed by atoms with Crippen molar-refractivity contribution < 1.29 is 8.42 Å². The number of nitrogens with zero attached hydrogens (tertiary/aromatic N) is 1. The van der Waals surface area contributed by atoms with Gasteiger partial charge in [-0.05, 0) is 36.6 Å². The van der Waals surface area contributed by atoms with E-state index >= 15 is 0 Å². The summed E-state index contributed by atoms with van der Waals surface area (Å²) in [5, 5.41) is 0. The smallest absolute Gasteiger partial charge is 0.232 e. The summed E-state index contributed by atoms with van der Waals surface area (Å²) >= 11 is 0. The van der Waals surface area contributed by atoms with Gasteiger partial charge in [0.2, 0.25) is 10.0 Å². The Bertz CT molecular complexity index is 918. The lowest BCUT2D eigenvalue weighted by Crippen LogP contribution is -2.17. The first kappa shape index (κ1) is 16.5. The van der Waals surface area contributed by atoms with Crippen molar-refractivity contribution in [1.29, 1.82) is 0 Å². The molecular weight excluding hydrogens is 322 g/mol. The van der Waals surface area contributed by atoms with Crippen molar-refractivity contribution in [1.82, 2.24) is 9.97 Å². The quantitative estimate of drug-likeness (QED) is 0.689. The lowest BCUT2D eigenvalue weighted by molar-refractivity contribution is 0.598. The third kappa shape index (κ3) is 4.14. The molecule has 0 unspecified atom stereocenters. The van der Waals surface area contributed by atoms with Gasteiger partial charge >= 0.3 is 0 Å². The Labute approximate surface area is 142 Å². The van der Waals surface area contributed by atoms with E-state index < -0.39 is 10.0 Å². The van der Waals surface area contributed by atoms with Crippen LogP contribution in [0.5, 0.6) is 0 Å². The second kappa shape index (κ2) is 7.05. The van der Waals surface area contributed by atoms with Gasteiger partial charge in [-0.3, -0.25) is 4.72 Å². The van der Waals surface area contributed by atoms with E-state index in [9.17, 15) is 8.42 Å². The van der Waals surface area contributed by atoms with Gasteiger partial charge in [-0.15, -0.1) is 0 Å². The number of aryl methyl sites for hydroxylation is 2. The molecule has 0 spiro atoms. The Kier molecular flexibility index (Phi) is 4.85. The van der Waals surface area contributed by atoms with Gasteiger partial charge in [0.25, 0.3) is 0 Å². The van der Waals surface area contributed by atoms with Gasteiger partial charge in [0, 0.05) is 6.42 Å². The van der Waals surface area contributed by atoms with Crippen LogP contribution in [0.2, 0.25) is 0 Å². The standard InChI is InChI=1S/C18H21N3O2S/c1-2-18-19-16-11-10-15(13-17(16)20-18)21-24(22,23)12-6-9-14-7-4-3-5-8-14/h3-5,7-8,10-11,13,21H,2,6,9,12H2,1H3,(H,19,20). The van der Waals surface area contributed by atoms with E-state index in [0.717, 1.165) is 35.3 Å². The first-order valence-corrected chi connectivity index (χ1v) is 9.74. The molecule has 0 saturated heterocycles. The molecule has 0 radical (unpaired) electrons. The minimum Gasteiger partial charge on any atom is -0.342 e. The molecule has 2 aromatic carbocycles. The van der Waals surface area contributed by atoms with Crippen molar-refractivity contribution >= 4 is 26.7 Å². The molecule has 0 saturated carbocycles. The number of aromatic nitrogens is 2. The zero-order chi connectivity index (χ0) is 17.0. The highest BCUT2D eigenvalue weighted by Crippen LogP contribution is 2.19. The van der Waals surface area contributed by atoms with Gasteiger partial charge in [-0.1, -0.05) is 37.3 Å². The van der Waals surface area contributed by atoms with Crippen LogP contribution in [0.25, 0.3) is 11.0 Å². The Morgan fingerprint density at radius 2 is 1.92 bits per heavy atom. The van der Waals surface area contributed by atoms with Gasteiger partial charge in [-0.2, -0.15) is 0 Å². The van der Waals surface area contributed by atoms with Crippen molar-refractivity contribution in [2.75, 3.05) is 10.5 Å². The molecule has 3 aromatic rings. The molecular formula is C18H21N3O2S. The van der Waals surface area contributed by atoms with Crippen molar-refractivity contribution in [3.8, 4) is 0 Å². The molecule has 0 aliphatic rings.